The number of halogens is 2. The predicted octanol–water partition coefficient (Wildman–Crippen LogP) is 2.14. The van der Waals surface area contributed by atoms with E-state index in [0.29, 0.717) is 5.56 Å². The molecular formula is C8H8ClFO3S. The highest BCUT2D eigenvalue weighted by molar-refractivity contribution is 7.86. The van der Waals surface area contributed by atoms with Gasteiger partial charge in [-0.1, -0.05) is 11.6 Å². The summed E-state index contributed by atoms with van der Waals surface area (Å²) in [6.45, 7) is 0.184. The third-order valence-electron chi connectivity index (χ3n) is 1.52. The zero-order chi connectivity index (χ0) is 10.8. The molecular weight excluding hydrogens is 231 g/mol. The van der Waals surface area contributed by atoms with Gasteiger partial charge < -0.3 is 4.74 Å². The average molecular weight is 239 g/mol. The first kappa shape index (κ1) is 11.4. The van der Waals surface area contributed by atoms with Gasteiger partial charge in [0, 0.05) is 12.1 Å². The number of ether oxygens (including phenoxy) is 1. The summed E-state index contributed by atoms with van der Waals surface area (Å²) in [5, 5.41) is 0.163. The second-order valence-electron chi connectivity index (χ2n) is 2.67. The maximum absolute atomic E-state index is 12.6. The average Bonchev–Trinajstić information content (AvgIpc) is 2.02. The Kier molecular flexibility index (Phi) is 3.47. The minimum atomic E-state index is -4.71. The van der Waals surface area contributed by atoms with Gasteiger partial charge in [-0.05, 0) is 23.8 Å². The van der Waals surface area contributed by atoms with Crippen molar-refractivity contribution >= 4 is 21.8 Å². The Labute approximate surface area is 86.7 Å². The highest BCUT2D eigenvalue weighted by Crippen LogP contribution is 2.20. The van der Waals surface area contributed by atoms with Crippen LogP contribution in [0.3, 0.4) is 0 Å². The van der Waals surface area contributed by atoms with Crippen LogP contribution in [-0.2, 0) is 21.6 Å². The Hall–Kier alpha value is -0.650. The van der Waals surface area contributed by atoms with Crippen molar-refractivity contribution in [1.82, 2.24) is 0 Å². The van der Waals surface area contributed by atoms with E-state index in [4.69, 9.17) is 16.3 Å². The molecule has 0 amide bonds. The fourth-order valence-electron chi connectivity index (χ4n) is 1.01. The van der Waals surface area contributed by atoms with Crippen molar-refractivity contribution in [2.45, 2.75) is 11.5 Å². The van der Waals surface area contributed by atoms with Gasteiger partial charge in [-0.3, -0.25) is 0 Å². The van der Waals surface area contributed by atoms with Crippen LogP contribution in [0.15, 0.2) is 23.1 Å². The van der Waals surface area contributed by atoms with Gasteiger partial charge >= 0.3 is 10.2 Å². The molecule has 0 atom stereocenters. The molecule has 0 fully saturated rings. The molecule has 0 aliphatic carbocycles. The fraction of sp³-hybridized carbons (Fsp3) is 0.250. The summed E-state index contributed by atoms with van der Waals surface area (Å²) in [5.41, 5.74) is 0.510. The summed E-state index contributed by atoms with van der Waals surface area (Å²) < 4.78 is 38.5. The van der Waals surface area contributed by atoms with E-state index in [1.807, 2.05) is 0 Å². The van der Waals surface area contributed by atoms with Crippen LogP contribution >= 0.6 is 11.6 Å². The van der Waals surface area contributed by atoms with Gasteiger partial charge in [0.15, 0.2) is 0 Å². The lowest BCUT2D eigenvalue weighted by atomic mass is 10.2. The van der Waals surface area contributed by atoms with Gasteiger partial charge in [-0.2, -0.15) is 8.42 Å². The highest BCUT2D eigenvalue weighted by Gasteiger charge is 2.13. The maximum Gasteiger partial charge on any atom is 0.332 e. The van der Waals surface area contributed by atoms with Crippen molar-refractivity contribution in [2.75, 3.05) is 7.11 Å². The third-order valence-corrected chi connectivity index (χ3v) is 2.54. The van der Waals surface area contributed by atoms with Crippen LogP contribution in [0.5, 0.6) is 0 Å². The van der Waals surface area contributed by atoms with E-state index in [0.717, 1.165) is 6.07 Å². The van der Waals surface area contributed by atoms with E-state index in [-0.39, 0.29) is 11.6 Å². The smallest absolute Gasteiger partial charge is 0.332 e. The van der Waals surface area contributed by atoms with Crippen LogP contribution in [0.2, 0.25) is 5.02 Å². The van der Waals surface area contributed by atoms with E-state index in [9.17, 15) is 12.3 Å². The third kappa shape index (κ3) is 2.94. The predicted molar refractivity (Wildman–Crippen MR) is 50.5 cm³/mol. The topological polar surface area (TPSA) is 43.4 Å². The zero-order valence-corrected chi connectivity index (χ0v) is 8.90. The van der Waals surface area contributed by atoms with Crippen molar-refractivity contribution in [3.05, 3.63) is 28.8 Å². The summed E-state index contributed by atoms with van der Waals surface area (Å²) in [5.74, 6) is 0. The van der Waals surface area contributed by atoms with Crippen molar-refractivity contribution in [2.24, 2.45) is 0 Å². The molecule has 0 spiro atoms. The molecule has 1 aromatic rings. The first-order valence-electron chi connectivity index (χ1n) is 3.66. The number of methoxy groups -OCH3 is 1. The molecule has 1 aromatic carbocycles. The van der Waals surface area contributed by atoms with Crippen LogP contribution in [-0.4, -0.2) is 15.5 Å². The molecule has 0 radical (unpaired) electrons. The summed E-state index contributed by atoms with van der Waals surface area (Å²) in [4.78, 5) is -0.447. The monoisotopic (exact) mass is 238 g/mol. The Morgan fingerprint density at radius 1 is 1.43 bits per heavy atom. The molecule has 0 aliphatic rings. The Morgan fingerprint density at radius 2 is 2.07 bits per heavy atom. The minimum Gasteiger partial charge on any atom is -0.380 e. The molecule has 0 unspecified atom stereocenters. The van der Waals surface area contributed by atoms with Crippen molar-refractivity contribution in [1.29, 1.82) is 0 Å². The maximum atomic E-state index is 12.6. The lowest BCUT2D eigenvalue weighted by Gasteiger charge is -2.02. The molecule has 6 heteroatoms. The van der Waals surface area contributed by atoms with Gasteiger partial charge in [0.05, 0.1) is 6.61 Å². The quantitative estimate of drug-likeness (QED) is 0.758. The van der Waals surface area contributed by atoms with Crippen LogP contribution in [0.25, 0.3) is 0 Å². The van der Waals surface area contributed by atoms with Crippen LogP contribution in [0, 0.1) is 0 Å². The number of benzene rings is 1. The first-order valence-corrected chi connectivity index (χ1v) is 5.42. The minimum absolute atomic E-state index is 0.163. The van der Waals surface area contributed by atoms with Crippen molar-refractivity contribution in [3.8, 4) is 0 Å². The second-order valence-corrected chi connectivity index (χ2v) is 4.45. The van der Waals surface area contributed by atoms with Gasteiger partial charge in [-0.25, -0.2) is 0 Å². The van der Waals surface area contributed by atoms with Crippen LogP contribution in [0.4, 0.5) is 3.89 Å². The molecule has 3 nitrogen and oxygen atoms in total. The molecule has 0 aliphatic heterocycles. The number of rotatable bonds is 3. The number of hydrogen-bond donors (Lipinski definition) is 0. The molecule has 1 rings (SSSR count). The molecule has 0 bridgehead atoms. The van der Waals surface area contributed by atoms with Crippen LogP contribution < -0.4 is 0 Å². The van der Waals surface area contributed by atoms with Gasteiger partial charge in [0.1, 0.15) is 4.90 Å². The fourth-order valence-corrected chi connectivity index (χ4v) is 1.89. The largest absolute Gasteiger partial charge is 0.380 e. The van der Waals surface area contributed by atoms with E-state index < -0.39 is 15.1 Å². The molecule has 0 heterocycles. The highest BCUT2D eigenvalue weighted by atomic mass is 35.5. The first-order chi connectivity index (χ1) is 6.43. The van der Waals surface area contributed by atoms with E-state index in [1.54, 1.807) is 0 Å². The summed E-state index contributed by atoms with van der Waals surface area (Å²) >= 11 is 5.61. The van der Waals surface area contributed by atoms with E-state index >= 15 is 0 Å². The zero-order valence-electron chi connectivity index (χ0n) is 7.33. The van der Waals surface area contributed by atoms with E-state index in [2.05, 4.69) is 0 Å². The summed E-state index contributed by atoms with van der Waals surface area (Å²) in [7, 11) is -3.26. The Balaban J connectivity index is 3.21. The van der Waals surface area contributed by atoms with E-state index in [1.165, 1.54) is 19.2 Å². The molecule has 14 heavy (non-hydrogen) atoms. The van der Waals surface area contributed by atoms with Crippen molar-refractivity contribution < 1.29 is 17.0 Å². The van der Waals surface area contributed by atoms with Crippen LogP contribution in [0.1, 0.15) is 5.56 Å². The molecule has 0 saturated heterocycles. The second kappa shape index (κ2) is 4.25. The normalized spacial score (nSPS) is 11.6. The number of hydrogen-bond acceptors (Lipinski definition) is 3. The molecule has 0 aromatic heterocycles. The van der Waals surface area contributed by atoms with Gasteiger partial charge in [0.2, 0.25) is 0 Å². The van der Waals surface area contributed by atoms with Gasteiger partial charge in [-0.15, -0.1) is 3.89 Å². The standard InChI is InChI=1S/C8H8ClFO3S/c1-13-5-6-2-7(9)4-8(3-6)14(10,11)12/h2-4H,5H2,1H3. The van der Waals surface area contributed by atoms with Crippen molar-refractivity contribution in [3.63, 3.8) is 0 Å². The molecule has 0 N–H and O–H groups in total. The Morgan fingerprint density at radius 3 is 2.57 bits per heavy atom. The SMILES string of the molecule is COCc1cc(Cl)cc(S(=O)(=O)F)c1. The summed E-state index contributed by atoms with van der Waals surface area (Å²) in [6.07, 6.45) is 0. The van der Waals surface area contributed by atoms with Gasteiger partial charge in [0.25, 0.3) is 0 Å². The lowest BCUT2D eigenvalue weighted by Crippen LogP contribution is -1.95. The molecule has 0 saturated carbocycles. The Bertz CT molecular complexity index is 430. The lowest BCUT2D eigenvalue weighted by molar-refractivity contribution is 0.184. The molecule has 78 valence electrons. The summed E-state index contributed by atoms with van der Waals surface area (Å²) in [6, 6.07) is 3.75.